The average Bonchev–Trinajstić information content (AvgIpc) is 3.13. The summed E-state index contributed by atoms with van der Waals surface area (Å²) >= 11 is 6.30. The monoisotopic (exact) mass is 565 g/mol. The van der Waals surface area contributed by atoms with Gasteiger partial charge in [0.2, 0.25) is 0 Å². The number of benzene rings is 1. The van der Waals surface area contributed by atoms with Crippen molar-refractivity contribution in [3.63, 3.8) is 0 Å². The number of halogens is 1. The van der Waals surface area contributed by atoms with E-state index in [1.807, 2.05) is 75.7 Å². The van der Waals surface area contributed by atoms with Crippen LogP contribution >= 0.6 is 11.6 Å². The lowest BCUT2D eigenvalue weighted by Gasteiger charge is -2.33. The number of likely N-dealkylation sites (N-methyl/N-ethyl adjacent to an activating group) is 1. The molecule has 1 aliphatic heterocycles. The number of aliphatic hydroxyl groups is 1. The van der Waals surface area contributed by atoms with Crippen molar-refractivity contribution in [2.24, 2.45) is 7.05 Å². The van der Waals surface area contributed by atoms with Gasteiger partial charge >= 0.3 is 6.09 Å². The standard InChI is InChI=1S/C21H20ClN3O.C10H20N2O2/c1-13-24-12-20(25(13)3)21(2,26)18-9-15-5-4-8-23-19(15)10-14-6-7-16(22)11-17(14)18;1-10(2,3)14-9(13)12-7-5-11(4)6-8-12/h4-9,11-12,26H,10H2,1-3H3;5-8H2,1-4H3. The van der Waals surface area contributed by atoms with E-state index < -0.39 is 5.60 Å². The Morgan fingerprint density at radius 2 is 1.75 bits per heavy atom. The van der Waals surface area contributed by atoms with Crippen molar-refractivity contribution in [3.05, 3.63) is 81.7 Å². The fourth-order valence-electron chi connectivity index (χ4n) is 4.91. The largest absolute Gasteiger partial charge is 0.444 e. The van der Waals surface area contributed by atoms with Crippen molar-refractivity contribution in [1.29, 1.82) is 0 Å². The molecule has 1 saturated heterocycles. The molecule has 0 saturated carbocycles. The van der Waals surface area contributed by atoms with Gasteiger partial charge in [-0.3, -0.25) is 4.98 Å². The lowest BCUT2D eigenvalue weighted by Crippen LogP contribution is -2.48. The molecular formula is C31H40ClN5O3. The van der Waals surface area contributed by atoms with Crippen LogP contribution in [0.1, 0.15) is 61.6 Å². The van der Waals surface area contributed by atoms with Gasteiger partial charge in [0.05, 0.1) is 17.6 Å². The molecule has 0 bridgehead atoms. The first-order valence-corrected chi connectivity index (χ1v) is 14.0. The molecule has 1 unspecified atom stereocenters. The summed E-state index contributed by atoms with van der Waals surface area (Å²) < 4.78 is 7.20. The van der Waals surface area contributed by atoms with Crippen molar-refractivity contribution in [1.82, 2.24) is 24.3 Å². The van der Waals surface area contributed by atoms with Crippen LogP contribution in [0.25, 0.3) is 11.6 Å². The van der Waals surface area contributed by atoms with Crippen LogP contribution in [0.15, 0.2) is 42.7 Å². The van der Waals surface area contributed by atoms with Crippen LogP contribution in [0.2, 0.25) is 5.02 Å². The van der Waals surface area contributed by atoms with Crippen molar-refractivity contribution in [3.8, 4) is 0 Å². The Morgan fingerprint density at radius 3 is 2.38 bits per heavy atom. The lowest BCUT2D eigenvalue weighted by atomic mass is 9.84. The number of piperazine rings is 1. The zero-order valence-electron chi connectivity index (χ0n) is 24.5. The Hall–Kier alpha value is -3.20. The molecule has 1 atom stereocenters. The van der Waals surface area contributed by atoms with Crippen LogP contribution in [0.4, 0.5) is 4.79 Å². The highest BCUT2D eigenvalue weighted by Crippen LogP contribution is 2.42. The van der Waals surface area contributed by atoms with E-state index in [4.69, 9.17) is 16.3 Å². The average molecular weight is 566 g/mol. The van der Waals surface area contributed by atoms with Gasteiger partial charge in [-0.15, -0.1) is 0 Å². The fourth-order valence-corrected chi connectivity index (χ4v) is 5.08. The van der Waals surface area contributed by atoms with Gasteiger partial charge in [0.1, 0.15) is 17.0 Å². The summed E-state index contributed by atoms with van der Waals surface area (Å²) in [5.41, 5.74) is 3.95. The van der Waals surface area contributed by atoms with Crippen LogP contribution < -0.4 is 0 Å². The minimum atomic E-state index is -1.23. The summed E-state index contributed by atoms with van der Waals surface area (Å²) in [7, 11) is 3.98. The highest BCUT2D eigenvalue weighted by atomic mass is 35.5. The van der Waals surface area contributed by atoms with Gasteiger partial charge in [-0.1, -0.05) is 23.7 Å². The number of nitrogens with zero attached hydrogens (tertiary/aromatic N) is 5. The van der Waals surface area contributed by atoms with E-state index >= 15 is 0 Å². The van der Waals surface area contributed by atoms with Gasteiger partial charge < -0.3 is 24.2 Å². The fraction of sp³-hybridized carbons (Fsp3) is 0.452. The van der Waals surface area contributed by atoms with Crippen LogP contribution in [0.3, 0.4) is 0 Å². The van der Waals surface area contributed by atoms with E-state index in [2.05, 4.69) is 21.9 Å². The summed E-state index contributed by atoms with van der Waals surface area (Å²) in [5, 5.41) is 12.2. The molecule has 1 fully saturated rings. The van der Waals surface area contributed by atoms with Crippen LogP contribution in [-0.2, 0) is 23.8 Å². The second kappa shape index (κ2) is 11.7. The third-order valence-electron chi connectivity index (χ3n) is 7.34. The topological polar surface area (TPSA) is 83.7 Å². The van der Waals surface area contributed by atoms with E-state index in [0.29, 0.717) is 11.4 Å². The molecule has 0 radical (unpaired) electrons. The SMILES string of the molecule is CN1CCN(C(=O)OC(C)(C)C)CC1.Cc1ncc(C(C)(O)C2=Cc3cccnc3Cc3ccc(Cl)cc32)n1C. The molecule has 3 aromatic rings. The van der Waals surface area contributed by atoms with Crippen molar-refractivity contribution >= 4 is 29.3 Å². The second-order valence-corrected chi connectivity index (χ2v) is 12.1. The van der Waals surface area contributed by atoms with Gasteiger partial charge in [0, 0.05) is 50.9 Å². The van der Waals surface area contributed by atoms with Gasteiger partial charge in [0.15, 0.2) is 0 Å². The molecule has 214 valence electrons. The van der Waals surface area contributed by atoms with Gasteiger partial charge in [0.25, 0.3) is 0 Å². The first kappa shape index (κ1) is 29.8. The molecule has 1 aliphatic carbocycles. The number of amides is 1. The molecule has 2 aliphatic rings. The molecule has 3 heterocycles. The summed E-state index contributed by atoms with van der Waals surface area (Å²) in [5.74, 6) is 0.850. The van der Waals surface area contributed by atoms with E-state index in [0.717, 1.165) is 65.7 Å². The lowest BCUT2D eigenvalue weighted by molar-refractivity contribution is 0.0164. The highest BCUT2D eigenvalue weighted by molar-refractivity contribution is 6.30. The van der Waals surface area contributed by atoms with E-state index in [-0.39, 0.29) is 11.7 Å². The maximum atomic E-state index is 11.6. The molecule has 5 rings (SSSR count). The Balaban J connectivity index is 0.000000224. The second-order valence-electron chi connectivity index (χ2n) is 11.7. The molecule has 8 nitrogen and oxygen atoms in total. The predicted octanol–water partition coefficient (Wildman–Crippen LogP) is 5.30. The van der Waals surface area contributed by atoms with Crippen molar-refractivity contribution in [2.75, 3.05) is 33.2 Å². The Bertz CT molecular complexity index is 1400. The van der Waals surface area contributed by atoms with Gasteiger partial charge in [-0.2, -0.15) is 0 Å². The summed E-state index contributed by atoms with van der Waals surface area (Å²) in [6, 6.07) is 9.76. The number of carbonyl (C=O) groups is 1. The number of hydrogen-bond donors (Lipinski definition) is 1. The molecule has 0 spiro atoms. The Morgan fingerprint density at radius 1 is 1.05 bits per heavy atom. The van der Waals surface area contributed by atoms with Crippen molar-refractivity contribution in [2.45, 2.75) is 52.2 Å². The number of aromatic nitrogens is 3. The zero-order chi connectivity index (χ0) is 29.2. The maximum absolute atomic E-state index is 11.6. The molecule has 40 heavy (non-hydrogen) atoms. The summed E-state index contributed by atoms with van der Waals surface area (Å²) in [6.45, 7) is 12.8. The minimum Gasteiger partial charge on any atom is -0.444 e. The zero-order valence-corrected chi connectivity index (χ0v) is 25.3. The van der Waals surface area contributed by atoms with Gasteiger partial charge in [-0.25, -0.2) is 9.78 Å². The number of aryl methyl sites for hydroxylation is 1. The van der Waals surface area contributed by atoms with E-state index in [9.17, 15) is 9.90 Å². The molecule has 1 N–H and O–H groups in total. The number of pyridine rings is 1. The normalized spacial score (nSPS) is 16.9. The predicted molar refractivity (Wildman–Crippen MR) is 159 cm³/mol. The molecule has 1 aromatic carbocycles. The van der Waals surface area contributed by atoms with Crippen LogP contribution in [-0.4, -0.2) is 74.4 Å². The number of rotatable bonds is 2. The summed E-state index contributed by atoms with van der Waals surface area (Å²) in [4.78, 5) is 24.5. The summed E-state index contributed by atoms with van der Waals surface area (Å²) in [6.07, 6.45) is 6.06. The van der Waals surface area contributed by atoms with E-state index in [1.165, 1.54) is 0 Å². The number of ether oxygens (including phenoxy) is 1. The first-order valence-electron chi connectivity index (χ1n) is 13.6. The minimum absolute atomic E-state index is 0.189. The third kappa shape index (κ3) is 6.74. The van der Waals surface area contributed by atoms with E-state index in [1.54, 1.807) is 24.2 Å². The van der Waals surface area contributed by atoms with Gasteiger partial charge in [-0.05, 0) is 88.2 Å². The third-order valence-corrected chi connectivity index (χ3v) is 7.58. The number of carbonyl (C=O) groups excluding carboxylic acids is 1. The maximum Gasteiger partial charge on any atom is 0.410 e. The Kier molecular flexibility index (Phi) is 8.73. The number of imidazole rings is 1. The number of fused-ring (bicyclic) bond motifs is 2. The number of hydrogen-bond acceptors (Lipinski definition) is 6. The van der Waals surface area contributed by atoms with Crippen LogP contribution in [0.5, 0.6) is 0 Å². The molecule has 1 amide bonds. The highest BCUT2D eigenvalue weighted by Gasteiger charge is 2.35. The van der Waals surface area contributed by atoms with Crippen LogP contribution in [0, 0.1) is 6.92 Å². The Labute approximate surface area is 242 Å². The molecule has 2 aromatic heterocycles. The molecule has 9 heteroatoms. The molecular weight excluding hydrogens is 526 g/mol. The quantitative estimate of drug-likeness (QED) is 0.454. The van der Waals surface area contributed by atoms with Crippen molar-refractivity contribution < 1.29 is 14.6 Å². The smallest absolute Gasteiger partial charge is 0.410 e. The first-order chi connectivity index (χ1) is 18.8.